The van der Waals surface area contributed by atoms with Crippen LogP contribution in [-0.4, -0.2) is 53.2 Å². The highest BCUT2D eigenvalue weighted by Gasteiger charge is 2.30. The molecule has 0 aliphatic carbocycles. The molecule has 2 aliphatic heterocycles. The van der Waals surface area contributed by atoms with Gasteiger partial charge in [-0.1, -0.05) is 0 Å². The van der Waals surface area contributed by atoms with Gasteiger partial charge >= 0.3 is 0 Å². The van der Waals surface area contributed by atoms with Crippen molar-refractivity contribution in [2.45, 2.75) is 19.5 Å². The molecule has 1 atom stereocenters. The number of hydrogen-bond donors (Lipinski definition) is 1. The minimum absolute atomic E-state index is 0.0502. The lowest BCUT2D eigenvalue weighted by molar-refractivity contribution is -0.117. The van der Waals surface area contributed by atoms with Crippen LogP contribution in [0.5, 0.6) is 0 Å². The Morgan fingerprint density at radius 1 is 1.48 bits per heavy atom. The van der Waals surface area contributed by atoms with Gasteiger partial charge in [0.15, 0.2) is 5.84 Å². The fraction of sp³-hybridized carbons (Fsp3) is 0.357. The molecular weight excluding hydrogens is 318 g/mol. The summed E-state index contributed by atoms with van der Waals surface area (Å²) in [5.41, 5.74) is 0.253. The highest BCUT2D eigenvalue weighted by Crippen LogP contribution is 2.17. The van der Waals surface area contributed by atoms with Crippen LogP contribution in [0.3, 0.4) is 0 Å². The summed E-state index contributed by atoms with van der Waals surface area (Å²) >= 11 is 0. The third-order valence-corrected chi connectivity index (χ3v) is 4.65. The Kier molecular flexibility index (Phi) is 4.03. The second-order valence-electron chi connectivity index (χ2n) is 5.42. The van der Waals surface area contributed by atoms with E-state index in [1.54, 1.807) is 34.1 Å². The van der Waals surface area contributed by atoms with Gasteiger partial charge in [-0.15, -0.1) is 4.40 Å². The minimum atomic E-state index is -3.51. The maximum Gasteiger partial charge on any atom is 0.256 e. The first kappa shape index (κ1) is 15.5. The Balaban J connectivity index is 1.74. The van der Waals surface area contributed by atoms with Crippen LogP contribution in [0.2, 0.25) is 0 Å². The molecule has 1 N–H and O–H groups in total. The Morgan fingerprint density at radius 2 is 2.30 bits per heavy atom. The van der Waals surface area contributed by atoms with Crippen LogP contribution in [-0.2, 0) is 21.4 Å². The summed E-state index contributed by atoms with van der Waals surface area (Å²) in [5.74, 6) is -0.219. The van der Waals surface area contributed by atoms with Gasteiger partial charge in [0.1, 0.15) is 0 Å². The van der Waals surface area contributed by atoms with Crippen molar-refractivity contribution in [3.05, 3.63) is 42.4 Å². The molecule has 0 saturated heterocycles. The number of rotatable bonds is 4. The number of nitrogens with zero attached hydrogens (tertiary/aromatic N) is 4. The summed E-state index contributed by atoms with van der Waals surface area (Å²) < 4.78 is 28.9. The highest BCUT2D eigenvalue weighted by atomic mass is 32.2. The van der Waals surface area contributed by atoms with E-state index in [-0.39, 0.29) is 29.1 Å². The van der Waals surface area contributed by atoms with E-state index >= 15 is 0 Å². The molecule has 0 aromatic carbocycles. The average molecular weight is 335 g/mol. The summed E-state index contributed by atoms with van der Waals surface area (Å²) in [7, 11) is -3.51. The summed E-state index contributed by atoms with van der Waals surface area (Å²) in [5, 5.41) is 6.93. The van der Waals surface area contributed by atoms with Crippen molar-refractivity contribution in [2.24, 2.45) is 4.40 Å². The van der Waals surface area contributed by atoms with E-state index < -0.39 is 10.0 Å². The van der Waals surface area contributed by atoms with Gasteiger partial charge in [0, 0.05) is 31.2 Å². The van der Waals surface area contributed by atoms with Crippen LogP contribution in [0, 0.1) is 0 Å². The highest BCUT2D eigenvalue weighted by molar-refractivity contribution is 7.90. The summed E-state index contributed by atoms with van der Waals surface area (Å²) in [6.45, 7) is 2.68. The number of nitrogens with one attached hydrogen (secondary N) is 1. The van der Waals surface area contributed by atoms with Gasteiger partial charge in [-0.25, -0.2) is 8.42 Å². The van der Waals surface area contributed by atoms with Crippen LogP contribution in [0.1, 0.15) is 6.92 Å². The average Bonchev–Trinajstić information content (AvgIpc) is 2.98. The van der Waals surface area contributed by atoms with Gasteiger partial charge in [0.2, 0.25) is 0 Å². The molecule has 23 heavy (non-hydrogen) atoms. The lowest BCUT2D eigenvalue weighted by Gasteiger charge is -2.29. The standard InChI is InChI=1S/C14H17N5O3S/c1-11(10-19-7-3-5-15-19)16-14(20)12-4-2-6-18-8-9-23(21,22)17-13(12)18/h2-7,11H,8-10H2,1H3,(H,16,20). The predicted molar refractivity (Wildman–Crippen MR) is 85.0 cm³/mol. The Hall–Kier alpha value is -2.42. The van der Waals surface area contributed by atoms with Crippen molar-refractivity contribution >= 4 is 21.8 Å². The van der Waals surface area contributed by atoms with Crippen molar-refractivity contribution in [1.82, 2.24) is 20.0 Å². The smallest absolute Gasteiger partial charge is 0.256 e. The number of amides is 1. The molecule has 0 saturated carbocycles. The number of allylic oxidation sites excluding steroid dienone is 2. The largest absolute Gasteiger partial charge is 0.348 e. The van der Waals surface area contributed by atoms with E-state index in [2.05, 4.69) is 14.8 Å². The van der Waals surface area contributed by atoms with Crippen LogP contribution in [0.4, 0.5) is 0 Å². The number of sulfonamides is 1. The van der Waals surface area contributed by atoms with E-state index in [4.69, 9.17) is 0 Å². The van der Waals surface area contributed by atoms with Gasteiger partial charge in [-0.3, -0.25) is 9.48 Å². The predicted octanol–water partition coefficient (Wildman–Crippen LogP) is -0.115. The molecule has 2 aliphatic rings. The first-order valence-corrected chi connectivity index (χ1v) is 8.82. The molecule has 0 radical (unpaired) electrons. The molecule has 122 valence electrons. The maximum absolute atomic E-state index is 12.5. The van der Waals surface area contributed by atoms with Crippen molar-refractivity contribution in [1.29, 1.82) is 0 Å². The maximum atomic E-state index is 12.5. The number of aromatic nitrogens is 2. The van der Waals surface area contributed by atoms with Crippen molar-refractivity contribution in [3.8, 4) is 0 Å². The van der Waals surface area contributed by atoms with Crippen LogP contribution < -0.4 is 5.32 Å². The van der Waals surface area contributed by atoms with Gasteiger partial charge in [-0.2, -0.15) is 5.10 Å². The molecular formula is C14H17N5O3S. The van der Waals surface area contributed by atoms with E-state index in [0.29, 0.717) is 13.1 Å². The lowest BCUT2D eigenvalue weighted by atomic mass is 10.1. The van der Waals surface area contributed by atoms with E-state index in [1.807, 2.05) is 19.2 Å². The zero-order valence-electron chi connectivity index (χ0n) is 12.6. The first-order valence-electron chi connectivity index (χ1n) is 7.21. The Bertz CT molecular complexity index is 792. The molecule has 3 heterocycles. The molecule has 8 nitrogen and oxygen atoms in total. The van der Waals surface area contributed by atoms with Gasteiger partial charge in [-0.05, 0) is 25.1 Å². The topological polar surface area (TPSA) is 96.7 Å². The number of amidine groups is 1. The normalized spacial score (nSPS) is 20.3. The zero-order chi connectivity index (χ0) is 16.4. The van der Waals surface area contributed by atoms with Gasteiger partial charge in [0.05, 0.1) is 17.9 Å². The quantitative estimate of drug-likeness (QED) is 0.828. The molecule has 0 spiro atoms. The summed E-state index contributed by atoms with van der Waals surface area (Å²) in [4.78, 5) is 14.1. The zero-order valence-corrected chi connectivity index (χ0v) is 13.4. The number of hydrogen-bond acceptors (Lipinski definition) is 5. The van der Waals surface area contributed by atoms with Crippen LogP contribution >= 0.6 is 0 Å². The molecule has 3 rings (SSSR count). The third-order valence-electron chi connectivity index (χ3n) is 3.50. The number of fused-ring (bicyclic) bond motifs is 1. The third kappa shape index (κ3) is 3.50. The number of carbonyl (C=O) groups is 1. The second-order valence-corrected chi connectivity index (χ2v) is 7.17. The van der Waals surface area contributed by atoms with Gasteiger partial charge < -0.3 is 10.2 Å². The molecule has 1 aromatic heterocycles. The lowest BCUT2D eigenvalue weighted by Crippen LogP contribution is -2.44. The Labute approximate surface area is 134 Å². The van der Waals surface area contributed by atoms with E-state index in [9.17, 15) is 13.2 Å². The first-order chi connectivity index (χ1) is 10.9. The van der Waals surface area contributed by atoms with Crippen molar-refractivity contribution in [3.63, 3.8) is 0 Å². The minimum Gasteiger partial charge on any atom is -0.348 e. The molecule has 0 fully saturated rings. The van der Waals surface area contributed by atoms with Crippen LogP contribution in [0.25, 0.3) is 0 Å². The molecule has 1 amide bonds. The molecule has 1 aromatic rings. The van der Waals surface area contributed by atoms with Gasteiger partial charge in [0.25, 0.3) is 15.9 Å². The van der Waals surface area contributed by atoms with Crippen molar-refractivity contribution in [2.75, 3.05) is 12.3 Å². The monoisotopic (exact) mass is 335 g/mol. The summed E-state index contributed by atoms with van der Waals surface area (Å²) in [6, 6.07) is 1.64. The summed E-state index contributed by atoms with van der Waals surface area (Å²) in [6.07, 6.45) is 8.49. The molecule has 9 heteroatoms. The fourth-order valence-electron chi connectivity index (χ4n) is 2.43. The van der Waals surface area contributed by atoms with Crippen LogP contribution in [0.15, 0.2) is 46.8 Å². The second kappa shape index (κ2) is 5.99. The van der Waals surface area contributed by atoms with E-state index in [0.717, 1.165) is 0 Å². The molecule has 0 bridgehead atoms. The van der Waals surface area contributed by atoms with E-state index in [1.165, 1.54) is 0 Å². The Morgan fingerprint density at radius 3 is 3.04 bits per heavy atom. The fourth-order valence-corrected chi connectivity index (χ4v) is 3.42. The number of carbonyl (C=O) groups excluding carboxylic acids is 1. The SMILES string of the molecule is CC(Cn1cccn1)NC(=O)C1=CC=CN2CCS(=O)(=O)N=C12. The van der Waals surface area contributed by atoms with Crippen molar-refractivity contribution < 1.29 is 13.2 Å². The molecule has 1 unspecified atom stereocenters.